The van der Waals surface area contributed by atoms with Crippen molar-refractivity contribution >= 4 is 8.32 Å². The molecule has 0 aromatic rings. The van der Waals surface area contributed by atoms with Gasteiger partial charge in [0.2, 0.25) is 8.32 Å². The molecule has 9 heavy (non-hydrogen) atoms. The smallest absolute Gasteiger partial charge is 0.242 e. The molecule has 52 valence electrons. The van der Waals surface area contributed by atoms with E-state index in [1.54, 1.807) is 0 Å². The van der Waals surface area contributed by atoms with Gasteiger partial charge in [0, 0.05) is 0 Å². The maximum Gasteiger partial charge on any atom is 0.242 e. The first-order valence-corrected chi connectivity index (χ1v) is 6.42. The van der Waals surface area contributed by atoms with E-state index in [1.165, 1.54) is 0 Å². The van der Waals surface area contributed by atoms with Crippen LogP contribution in [0.5, 0.6) is 0 Å². The summed E-state index contributed by atoms with van der Waals surface area (Å²) in [7, 11) is -1.38. The summed E-state index contributed by atoms with van der Waals surface area (Å²) in [4.78, 5) is 0. The highest BCUT2D eigenvalue weighted by atomic mass is 28.4. The second kappa shape index (κ2) is 2.90. The lowest BCUT2D eigenvalue weighted by Gasteiger charge is -2.17. The molecule has 0 rings (SSSR count). The summed E-state index contributed by atoms with van der Waals surface area (Å²) in [5, 5.41) is 0. The van der Waals surface area contributed by atoms with Crippen LogP contribution in [0.1, 0.15) is 6.92 Å². The van der Waals surface area contributed by atoms with Crippen molar-refractivity contribution in [2.75, 3.05) is 0 Å². The average Bonchev–Trinajstić information content (AvgIpc) is 1.62. The Bertz CT molecular complexity index is 137. The first-order chi connectivity index (χ1) is 3.95. The van der Waals surface area contributed by atoms with E-state index in [-0.39, 0.29) is 0 Å². The first-order valence-electron chi connectivity index (χ1n) is 3.01. The number of rotatable bonds is 2. The maximum atomic E-state index is 5.47. The standard InChI is InChI=1S/C7H14OSi/c1-6-7(2)8-9(3,4)5/h1H2,2-5H3. The Labute approximate surface area is 58.2 Å². The Morgan fingerprint density at radius 3 is 2.00 bits per heavy atom. The van der Waals surface area contributed by atoms with Crippen molar-refractivity contribution in [3.05, 3.63) is 18.1 Å². The highest BCUT2D eigenvalue weighted by molar-refractivity contribution is 6.70. The summed E-state index contributed by atoms with van der Waals surface area (Å²) in [5.74, 6) is 0.814. The Balaban J connectivity index is 3.89. The molecule has 0 saturated carbocycles. The third-order valence-electron chi connectivity index (χ3n) is 0.708. The van der Waals surface area contributed by atoms with Gasteiger partial charge < -0.3 is 4.43 Å². The molecule has 0 bridgehead atoms. The van der Waals surface area contributed by atoms with Gasteiger partial charge in [0.05, 0.1) is 0 Å². The van der Waals surface area contributed by atoms with Crippen LogP contribution in [0.25, 0.3) is 0 Å². The average molecular weight is 142 g/mol. The molecule has 2 heteroatoms. The number of hydrogen-bond acceptors (Lipinski definition) is 1. The largest absolute Gasteiger partial charge is 0.542 e. The van der Waals surface area contributed by atoms with Gasteiger partial charge in [0.15, 0.2) is 0 Å². The fraction of sp³-hybridized carbons (Fsp3) is 0.571. The second-order valence-corrected chi connectivity index (χ2v) is 7.38. The van der Waals surface area contributed by atoms with Gasteiger partial charge in [-0.15, -0.1) is 0 Å². The summed E-state index contributed by atoms with van der Waals surface area (Å²) < 4.78 is 5.47. The fourth-order valence-electron chi connectivity index (χ4n) is 0.495. The Kier molecular flexibility index (Phi) is 2.75. The maximum absolute atomic E-state index is 5.47. The zero-order valence-corrected chi connectivity index (χ0v) is 7.62. The molecular weight excluding hydrogens is 128 g/mol. The third kappa shape index (κ3) is 5.41. The normalized spacial score (nSPS) is 10.2. The molecule has 1 nitrogen and oxygen atoms in total. The van der Waals surface area contributed by atoms with Crippen LogP contribution in [0.4, 0.5) is 0 Å². The van der Waals surface area contributed by atoms with E-state index in [2.05, 4.69) is 32.0 Å². The van der Waals surface area contributed by atoms with Crippen LogP contribution in [0.15, 0.2) is 18.1 Å². The molecule has 0 aromatic heterocycles. The van der Waals surface area contributed by atoms with E-state index in [0.29, 0.717) is 0 Å². The third-order valence-corrected chi connectivity index (χ3v) is 1.63. The quantitative estimate of drug-likeness (QED) is 0.327. The summed E-state index contributed by atoms with van der Waals surface area (Å²) >= 11 is 0. The molecule has 0 fully saturated rings. The summed E-state index contributed by atoms with van der Waals surface area (Å²) in [6, 6.07) is 0. The molecule has 0 aromatic carbocycles. The van der Waals surface area contributed by atoms with E-state index in [0.717, 1.165) is 5.76 Å². The molecule has 0 aliphatic heterocycles. The predicted molar refractivity (Wildman–Crippen MR) is 42.8 cm³/mol. The van der Waals surface area contributed by atoms with Crippen LogP contribution < -0.4 is 0 Å². The van der Waals surface area contributed by atoms with Gasteiger partial charge in [-0.05, 0) is 26.6 Å². The van der Waals surface area contributed by atoms with Crippen molar-refractivity contribution in [1.29, 1.82) is 0 Å². The highest BCUT2D eigenvalue weighted by Crippen LogP contribution is 2.07. The topological polar surface area (TPSA) is 9.23 Å². The van der Waals surface area contributed by atoms with Gasteiger partial charge in [-0.1, -0.05) is 12.3 Å². The van der Waals surface area contributed by atoms with Crippen LogP contribution in [0, 0.1) is 0 Å². The summed E-state index contributed by atoms with van der Waals surface area (Å²) in [5.41, 5.74) is 2.70. The minimum Gasteiger partial charge on any atom is -0.542 e. The zero-order chi connectivity index (χ0) is 7.49. The molecule has 0 saturated heterocycles. The molecule has 0 N–H and O–H groups in total. The van der Waals surface area contributed by atoms with Gasteiger partial charge >= 0.3 is 0 Å². The number of hydrogen-bond donors (Lipinski definition) is 0. The highest BCUT2D eigenvalue weighted by Gasteiger charge is 2.14. The van der Waals surface area contributed by atoms with Crippen LogP contribution in [0.3, 0.4) is 0 Å². The molecule has 0 heterocycles. The molecule has 0 radical (unpaired) electrons. The van der Waals surface area contributed by atoms with Crippen molar-refractivity contribution in [1.82, 2.24) is 0 Å². The van der Waals surface area contributed by atoms with Crippen molar-refractivity contribution in [2.45, 2.75) is 26.6 Å². The van der Waals surface area contributed by atoms with E-state index in [1.807, 2.05) is 6.92 Å². The number of allylic oxidation sites excluding steroid dienone is 1. The molecule has 0 unspecified atom stereocenters. The lowest BCUT2D eigenvalue weighted by Crippen LogP contribution is -2.23. The Hall–Kier alpha value is -0.463. The Morgan fingerprint density at radius 2 is 1.89 bits per heavy atom. The lowest BCUT2D eigenvalue weighted by molar-refractivity contribution is 0.426. The predicted octanol–water partition coefficient (Wildman–Crippen LogP) is 2.53. The second-order valence-electron chi connectivity index (χ2n) is 2.95. The SMILES string of the molecule is C=C=C(C)O[Si](C)(C)C. The Morgan fingerprint density at radius 1 is 1.44 bits per heavy atom. The van der Waals surface area contributed by atoms with E-state index in [4.69, 9.17) is 4.43 Å². The van der Waals surface area contributed by atoms with E-state index in [9.17, 15) is 0 Å². The van der Waals surface area contributed by atoms with Gasteiger partial charge in [-0.3, -0.25) is 0 Å². The molecular formula is C7H14OSi. The van der Waals surface area contributed by atoms with Gasteiger partial charge in [0.1, 0.15) is 5.76 Å². The van der Waals surface area contributed by atoms with Crippen molar-refractivity contribution in [3.8, 4) is 0 Å². The van der Waals surface area contributed by atoms with Crippen LogP contribution >= 0.6 is 0 Å². The van der Waals surface area contributed by atoms with E-state index >= 15 is 0 Å². The minimum absolute atomic E-state index is 0.814. The zero-order valence-electron chi connectivity index (χ0n) is 6.62. The first kappa shape index (κ1) is 8.54. The monoisotopic (exact) mass is 142 g/mol. The summed E-state index contributed by atoms with van der Waals surface area (Å²) in [6.07, 6.45) is 0. The van der Waals surface area contributed by atoms with Gasteiger partial charge in [-0.25, -0.2) is 0 Å². The molecule has 0 amide bonds. The molecule has 0 atom stereocenters. The minimum atomic E-state index is -1.38. The van der Waals surface area contributed by atoms with Crippen molar-refractivity contribution < 1.29 is 4.43 Å². The van der Waals surface area contributed by atoms with Crippen molar-refractivity contribution in [3.63, 3.8) is 0 Å². The lowest BCUT2D eigenvalue weighted by atomic mass is 10.6. The van der Waals surface area contributed by atoms with Crippen molar-refractivity contribution in [2.24, 2.45) is 0 Å². The molecule has 0 aliphatic rings. The molecule has 0 spiro atoms. The summed E-state index contributed by atoms with van der Waals surface area (Å²) in [6.45, 7) is 11.8. The fourth-order valence-corrected chi connectivity index (χ4v) is 1.49. The van der Waals surface area contributed by atoms with Gasteiger partial charge in [0.25, 0.3) is 0 Å². The van der Waals surface area contributed by atoms with E-state index < -0.39 is 8.32 Å². The molecule has 0 aliphatic carbocycles. The van der Waals surface area contributed by atoms with Gasteiger partial charge in [-0.2, -0.15) is 0 Å². The van der Waals surface area contributed by atoms with Crippen LogP contribution in [0.2, 0.25) is 19.6 Å². The van der Waals surface area contributed by atoms with Crippen LogP contribution in [-0.4, -0.2) is 8.32 Å². The van der Waals surface area contributed by atoms with Crippen LogP contribution in [-0.2, 0) is 4.43 Å².